The molecule has 0 saturated carbocycles. The van der Waals surface area contributed by atoms with Crippen LogP contribution in [0.25, 0.3) is 10.8 Å². The van der Waals surface area contributed by atoms with E-state index in [9.17, 15) is 4.79 Å². The fraction of sp³-hybridized carbons (Fsp3) is 0.522. The monoisotopic (exact) mass is 367 g/mol. The van der Waals surface area contributed by atoms with Gasteiger partial charge in [-0.05, 0) is 29.5 Å². The Morgan fingerprint density at radius 1 is 1.04 bits per heavy atom. The summed E-state index contributed by atoms with van der Waals surface area (Å²) in [4.78, 5) is 17.9. The van der Waals surface area contributed by atoms with Crippen molar-refractivity contribution in [2.45, 2.75) is 26.3 Å². The van der Waals surface area contributed by atoms with Crippen molar-refractivity contribution < 1.29 is 14.6 Å². The Morgan fingerprint density at radius 3 is 2.59 bits per heavy atom. The fourth-order valence-electron chi connectivity index (χ4n) is 4.77. The normalized spacial score (nSPS) is 26.3. The topological polar surface area (TPSA) is 29.2 Å². The first-order valence-corrected chi connectivity index (χ1v) is 10.6. The molecule has 27 heavy (non-hydrogen) atoms. The number of carbonyl (C=O) groups excluding carboxylic acids is 1. The molecule has 2 heterocycles. The molecule has 0 spiro atoms. The van der Waals surface area contributed by atoms with Gasteiger partial charge in [-0.3, -0.25) is 4.79 Å². The number of rotatable bonds is 4. The lowest BCUT2D eigenvalue weighted by molar-refractivity contribution is -1.02. The van der Waals surface area contributed by atoms with Crippen molar-refractivity contribution in [2.75, 3.05) is 45.8 Å². The molecule has 2 aliphatic rings. The quantitative estimate of drug-likeness (QED) is 0.804. The molecule has 4 rings (SSSR count). The summed E-state index contributed by atoms with van der Waals surface area (Å²) in [5.74, 6) is 1.04. The van der Waals surface area contributed by atoms with Crippen molar-refractivity contribution in [3.8, 4) is 0 Å². The van der Waals surface area contributed by atoms with Crippen LogP contribution in [0.1, 0.15) is 25.3 Å². The zero-order valence-electron chi connectivity index (χ0n) is 16.5. The minimum absolute atomic E-state index is 0.369. The summed E-state index contributed by atoms with van der Waals surface area (Å²) in [7, 11) is 0. The minimum atomic E-state index is 0.369. The van der Waals surface area contributed by atoms with E-state index in [4.69, 9.17) is 0 Å². The molecule has 2 saturated heterocycles. The number of piperidine rings is 1. The predicted molar refractivity (Wildman–Crippen MR) is 109 cm³/mol. The van der Waals surface area contributed by atoms with Crippen LogP contribution in [-0.4, -0.2) is 56.6 Å². The number of fused-ring (bicyclic) bond motifs is 1. The molecule has 2 aliphatic heterocycles. The summed E-state index contributed by atoms with van der Waals surface area (Å²) in [5, 5.41) is 2.72. The Bertz CT molecular complexity index is 777. The highest BCUT2D eigenvalue weighted by atomic mass is 16.2. The van der Waals surface area contributed by atoms with Crippen molar-refractivity contribution in [2.24, 2.45) is 5.92 Å². The zero-order valence-corrected chi connectivity index (χ0v) is 16.5. The van der Waals surface area contributed by atoms with Gasteiger partial charge in [0.25, 0.3) is 5.91 Å². The number of hydrogen-bond donors (Lipinski definition) is 2. The van der Waals surface area contributed by atoms with Gasteiger partial charge in [0, 0.05) is 18.7 Å². The third-order valence-electron chi connectivity index (χ3n) is 6.40. The molecule has 144 valence electrons. The SMILES string of the molecule is C[C@@H]1CCCN(C(=O)C[NH+]2CC[NH+](Cc3cccc4ccccc34)CC2)C1. The van der Waals surface area contributed by atoms with Crippen molar-refractivity contribution in [1.82, 2.24) is 4.90 Å². The maximum Gasteiger partial charge on any atom is 0.277 e. The highest BCUT2D eigenvalue weighted by Gasteiger charge is 2.28. The predicted octanol–water partition coefficient (Wildman–Crippen LogP) is 0.382. The van der Waals surface area contributed by atoms with E-state index < -0.39 is 0 Å². The number of hydrogen-bond acceptors (Lipinski definition) is 1. The Balaban J connectivity index is 1.29. The molecule has 0 bridgehead atoms. The Kier molecular flexibility index (Phi) is 5.74. The molecule has 1 atom stereocenters. The molecule has 0 radical (unpaired) electrons. The Labute approximate surface area is 162 Å². The van der Waals surface area contributed by atoms with E-state index in [0.29, 0.717) is 18.4 Å². The van der Waals surface area contributed by atoms with Crippen molar-refractivity contribution in [1.29, 1.82) is 0 Å². The van der Waals surface area contributed by atoms with Gasteiger partial charge in [0.2, 0.25) is 0 Å². The molecular formula is C23H33N3O+2. The lowest BCUT2D eigenvalue weighted by Crippen LogP contribution is -3.28. The number of amides is 1. The van der Waals surface area contributed by atoms with Gasteiger partial charge in [0.1, 0.15) is 32.7 Å². The van der Waals surface area contributed by atoms with Crippen LogP contribution in [-0.2, 0) is 11.3 Å². The maximum atomic E-state index is 12.6. The van der Waals surface area contributed by atoms with E-state index in [-0.39, 0.29) is 0 Å². The van der Waals surface area contributed by atoms with Crippen LogP contribution in [0.2, 0.25) is 0 Å². The second-order valence-electron chi connectivity index (χ2n) is 8.58. The van der Waals surface area contributed by atoms with Crippen LogP contribution in [0.15, 0.2) is 42.5 Å². The first-order chi connectivity index (χ1) is 13.2. The van der Waals surface area contributed by atoms with Crippen LogP contribution >= 0.6 is 0 Å². The smallest absolute Gasteiger partial charge is 0.277 e. The number of carbonyl (C=O) groups is 1. The summed E-state index contributed by atoms with van der Waals surface area (Å²) >= 11 is 0. The second kappa shape index (κ2) is 8.41. The zero-order chi connectivity index (χ0) is 18.6. The van der Waals surface area contributed by atoms with Crippen molar-refractivity contribution in [3.63, 3.8) is 0 Å². The van der Waals surface area contributed by atoms with Gasteiger partial charge in [0.15, 0.2) is 6.54 Å². The van der Waals surface area contributed by atoms with Gasteiger partial charge in [-0.1, -0.05) is 49.4 Å². The summed E-state index contributed by atoms with van der Waals surface area (Å²) < 4.78 is 0. The lowest BCUT2D eigenvalue weighted by Gasteiger charge is -2.34. The van der Waals surface area contributed by atoms with E-state index in [1.165, 1.54) is 34.1 Å². The molecule has 4 nitrogen and oxygen atoms in total. The molecule has 1 amide bonds. The van der Waals surface area contributed by atoms with Gasteiger partial charge in [-0.25, -0.2) is 0 Å². The number of piperazine rings is 1. The van der Waals surface area contributed by atoms with Gasteiger partial charge in [-0.2, -0.15) is 0 Å². The summed E-state index contributed by atoms with van der Waals surface area (Å²) in [6.07, 6.45) is 2.44. The van der Waals surface area contributed by atoms with Crippen LogP contribution in [0.3, 0.4) is 0 Å². The highest BCUT2D eigenvalue weighted by Crippen LogP contribution is 2.17. The molecule has 2 fully saturated rings. The first-order valence-electron chi connectivity index (χ1n) is 10.6. The number of quaternary nitrogens is 2. The number of nitrogens with zero attached hydrogens (tertiary/aromatic N) is 1. The second-order valence-corrected chi connectivity index (χ2v) is 8.58. The summed E-state index contributed by atoms with van der Waals surface area (Å²) in [5.41, 5.74) is 1.45. The first kappa shape index (κ1) is 18.5. The summed E-state index contributed by atoms with van der Waals surface area (Å²) in [6, 6.07) is 15.3. The molecule has 2 aromatic rings. The average molecular weight is 368 g/mol. The van der Waals surface area contributed by atoms with E-state index in [2.05, 4.69) is 54.3 Å². The molecular weight excluding hydrogens is 334 g/mol. The number of likely N-dealkylation sites (tertiary alicyclic amines) is 1. The van der Waals surface area contributed by atoms with Gasteiger partial charge >= 0.3 is 0 Å². The maximum absolute atomic E-state index is 12.6. The van der Waals surface area contributed by atoms with Crippen LogP contribution < -0.4 is 9.80 Å². The molecule has 2 aromatic carbocycles. The third kappa shape index (κ3) is 4.50. The molecule has 0 aliphatic carbocycles. The average Bonchev–Trinajstić information content (AvgIpc) is 2.70. The Hall–Kier alpha value is -1.91. The van der Waals surface area contributed by atoms with Gasteiger partial charge < -0.3 is 14.7 Å². The third-order valence-corrected chi connectivity index (χ3v) is 6.40. The Morgan fingerprint density at radius 2 is 1.78 bits per heavy atom. The van der Waals surface area contributed by atoms with Crippen LogP contribution in [0, 0.1) is 5.92 Å². The largest absolute Gasteiger partial charge is 0.338 e. The van der Waals surface area contributed by atoms with E-state index in [0.717, 1.165) is 45.8 Å². The number of benzene rings is 2. The highest BCUT2D eigenvalue weighted by molar-refractivity contribution is 5.85. The van der Waals surface area contributed by atoms with Crippen molar-refractivity contribution >= 4 is 16.7 Å². The lowest BCUT2D eigenvalue weighted by atomic mass is 10.0. The van der Waals surface area contributed by atoms with Crippen LogP contribution in [0.4, 0.5) is 0 Å². The van der Waals surface area contributed by atoms with Gasteiger partial charge in [-0.15, -0.1) is 0 Å². The molecule has 4 heteroatoms. The number of nitrogens with one attached hydrogen (secondary N) is 2. The summed E-state index contributed by atoms with van der Waals surface area (Å²) in [6.45, 7) is 10.5. The fourth-order valence-corrected chi connectivity index (χ4v) is 4.77. The van der Waals surface area contributed by atoms with Crippen LogP contribution in [0.5, 0.6) is 0 Å². The van der Waals surface area contributed by atoms with Crippen molar-refractivity contribution in [3.05, 3.63) is 48.0 Å². The van der Waals surface area contributed by atoms with E-state index in [1.807, 2.05) is 0 Å². The standard InChI is InChI=1S/C23H31N3O/c1-19-6-5-11-26(16-19)23(27)18-25-14-12-24(13-15-25)17-21-9-4-8-20-7-2-3-10-22(20)21/h2-4,7-10,19H,5-6,11-18H2,1H3/p+2/t19-/m1/s1. The molecule has 0 unspecified atom stereocenters. The van der Waals surface area contributed by atoms with E-state index in [1.54, 1.807) is 4.90 Å². The minimum Gasteiger partial charge on any atom is -0.338 e. The van der Waals surface area contributed by atoms with E-state index >= 15 is 0 Å². The molecule has 2 N–H and O–H groups in total. The van der Waals surface area contributed by atoms with Gasteiger partial charge in [0.05, 0.1) is 0 Å². The molecule has 0 aromatic heterocycles.